The number of benzene rings is 1. The third-order valence-electron chi connectivity index (χ3n) is 4.59. The molecule has 3 heterocycles. The van der Waals surface area contributed by atoms with Gasteiger partial charge in [-0.25, -0.2) is 0 Å². The maximum absolute atomic E-state index is 13.0. The first-order chi connectivity index (χ1) is 12.3. The van der Waals surface area contributed by atoms with Gasteiger partial charge in [0, 0.05) is 31.5 Å². The number of nitrogens with zero attached hydrogens (tertiary/aromatic N) is 3. The number of rotatable bonds is 5. The van der Waals surface area contributed by atoms with E-state index in [1.54, 1.807) is 24.4 Å². The molecule has 2 aliphatic heterocycles. The molecule has 4 rings (SSSR count). The normalized spacial score (nSPS) is 18.3. The van der Waals surface area contributed by atoms with Gasteiger partial charge in [-0.1, -0.05) is 0 Å². The highest BCUT2D eigenvalue weighted by molar-refractivity contribution is 5.95. The van der Waals surface area contributed by atoms with Gasteiger partial charge in [-0.2, -0.15) is 5.10 Å². The Bertz CT molecular complexity index is 773. The van der Waals surface area contributed by atoms with Crippen molar-refractivity contribution < 1.29 is 19.0 Å². The second kappa shape index (κ2) is 6.76. The highest BCUT2D eigenvalue weighted by Crippen LogP contribution is 2.33. The number of fused-ring (bicyclic) bond motifs is 2. The lowest BCUT2D eigenvalue weighted by Crippen LogP contribution is -2.41. The Kier molecular flexibility index (Phi) is 4.31. The molecule has 1 aromatic carbocycles. The largest absolute Gasteiger partial charge is 0.454 e. The monoisotopic (exact) mass is 343 g/mol. The molecule has 0 saturated carbocycles. The molecule has 132 valence electrons. The van der Waals surface area contributed by atoms with Gasteiger partial charge in [0.1, 0.15) is 0 Å². The van der Waals surface area contributed by atoms with Crippen LogP contribution >= 0.6 is 0 Å². The van der Waals surface area contributed by atoms with Crippen molar-refractivity contribution in [2.24, 2.45) is 0 Å². The summed E-state index contributed by atoms with van der Waals surface area (Å²) in [5.41, 5.74) is 1.66. The van der Waals surface area contributed by atoms with Crippen molar-refractivity contribution in [1.82, 2.24) is 14.7 Å². The van der Waals surface area contributed by atoms with Crippen LogP contribution in [0.5, 0.6) is 11.5 Å². The predicted octanol–water partition coefficient (Wildman–Crippen LogP) is 2.24. The average Bonchev–Trinajstić information content (AvgIpc) is 3.29. The Morgan fingerprint density at radius 3 is 3.08 bits per heavy atom. The van der Waals surface area contributed by atoms with Crippen molar-refractivity contribution >= 4 is 5.91 Å². The molecule has 0 N–H and O–H groups in total. The van der Waals surface area contributed by atoms with Crippen LogP contribution in [0.25, 0.3) is 0 Å². The standard InChI is InChI=1S/C18H21N3O4/c1-2-23-8-6-15-11-20(10-14-5-7-19-21(14)15)18(22)13-3-4-16-17(9-13)25-12-24-16/h3-5,7,9,15H,2,6,8,10-12H2,1H3/t15-/m1/s1. The molecule has 1 aromatic heterocycles. The topological polar surface area (TPSA) is 65.8 Å². The molecule has 0 radical (unpaired) electrons. The fraction of sp³-hybridized carbons (Fsp3) is 0.444. The van der Waals surface area contributed by atoms with Gasteiger partial charge in [0.15, 0.2) is 11.5 Å². The molecule has 1 atom stereocenters. The Labute approximate surface area is 146 Å². The van der Waals surface area contributed by atoms with Crippen LogP contribution in [0.3, 0.4) is 0 Å². The van der Waals surface area contributed by atoms with Crippen molar-refractivity contribution in [3.05, 3.63) is 41.7 Å². The Hall–Kier alpha value is -2.54. The maximum Gasteiger partial charge on any atom is 0.254 e. The lowest BCUT2D eigenvalue weighted by molar-refractivity contribution is 0.0625. The molecular formula is C18H21N3O4. The number of hydrogen-bond acceptors (Lipinski definition) is 5. The second-order valence-electron chi connectivity index (χ2n) is 6.16. The van der Waals surface area contributed by atoms with Crippen LogP contribution in [0.4, 0.5) is 0 Å². The minimum absolute atomic E-state index is 0.00726. The highest BCUT2D eigenvalue weighted by Gasteiger charge is 2.29. The van der Waals surface area contributed by atoms with E-state index in [1.165, 1.54) is 0 Å². The number of aromatic nitrogens is 2. The van der Waals surface area contributed by atoms with Crippen LogP contribution in [0, 0.1) is 0 Å². The van der Waals surface area contributed by atoms with E-state index in [0.29, 0.717) is 43.4 Å². The molecule has 0 unspecified atom stereocenters. The van der Waals surface area contributed by atoms with Crippen molar-refractivity contribution in [2.75, 3.05) is 26.6 Å². The van der Waals surface area contributed by atoms with Gasteiger partial charge in [0.25, 0.3) is 5.91 Å². The minimum atomic E-state index is -0.00726. The number of carbonyl (C=O) groups excluding carboxylic acids is 1. The molecule has 7 heteroatoms. The van der Waals surface area contributed by atoms with Gasteiger partial charge in [0.2, 0.25) is 6.79 Å². The fourth-order valence-corrected chi connectivity index (χ4v) is 3.33. The number of amides is 1. The summed E-state index contributed by atoms with van der Waals surface area (Å²) >= 11 is 0. The van der Waals surface area contributed by atoms with E-state index in [4.69, 9.17) is 14.2 Å². The summed E-state index contributed by atoms with van der Waals surface area (Å²) in [6, 6.07) is 7.43. The molecule has 2 aromatic rings. The minimum Gasteiger partial charge on any atom is -0.454 e. The van der Waals surface area contributed by atoms with E-state index in [0.717, 1.165) is 12.1 Å². The first-order valence-corrected chi connectivity index (χ1v) is 8.55. The van der Waals surface area contributed by atoms with E-state index in [1.807, 2.05) is 22.6 Å². The third kappa shape index (κ3) is 3.07. The third-order valence-corrected chi connectivity index (χ3v) is 4.59. The van der Waals surface area contributed by atoms with Crippen molar-refractivity contribution in [1.29, 1.82) is 0 Å². The van der Waals surface area contributed by atoms with Gasteiger partial charge in [-0.05, 0) is 37.6 Å². The molecule has 0 bridgehead atoms. The summed E-state index contributed by atoms with van der Waals surface area (Å²) in [5, 5.41) is 4.42. The van der Waals surface area contributed by atoms with E-state index in [-0.39, 0.29) is 18.7 Å². The van der Waals surface area contributed by atoms with E-state index in [9.17, 15) is 4.79 Å². The molecule has 7 nitrogen and oxygen atoms in total. The van der Waals surface area contributed by atoms with Crippen LogP contribution in [0.1, 0.15) is 35.4 Å². The summed E-state index contributed by atoms with van der Waals surface area (Å²) in [7, 11) is 0. The Morgan fingerprint density at radius 2 is 2.20 bits per heavy atom. The van der Waals surface area contributed by atoms with Gasteiger partial charge in [-0.15, -0.1) is 0 Å². The molecule has 0 aliphatic carbocycles. The zero-order valence-electron chi connectivity index (χ0n) is 14.2. The molecule has 0 saturated heterocycles. The Morgan fingerprint density at radius 1 is 1.32 bits per heavy atom. The van der Waals surface area contributed by atoms with Crippen LogP contribution in [0.15, 0.2) is 30.5 Å². The zero-order valence-corrected chi connectivity index (χ0v) is 14.2. The van der Waals surface area contributed by atoms with E-state index >= 15 is 0 Å². The summed E-state index contributed by atoms with van der Waals surface area (Å²) in [6.07, 6.45) is 2.62. The van der Waals surface area contributed by atoms with Crippen LogP contribution in [-0.2, 0) is 11.3 Å². The maximum atomic E-state index is 13.0. The number of carbonyl (C=O) groups is 1. The van der Waals surface area contributed by atoms with Crippen molar-refractivity contribution in [2.45, 2.75) is 25.9 Å². The Balaban J connectivity index is 1.53. The average molecular weight is 343 g/mol. The van der Waals surface area contributed by atoms with Crippen LogP contribution < -0.4 is 9.47 Å². The first-order valence-electron chi connectivity index (χ1n) is 8.55. The lowest BCUT2D eigenvalue weighted by atomic mass is 10.1. The van der Waals surface area contributed by atoms with Crippen molar-refractivity contribution in [3.63, 3.8) is 0 Å². The van der Waals surface area contributed by atoms with Gasteiger partial charge in [-0.3, -0.25) is 9.48 Å². The zero-order chi connectivity index (χ0) is 17.2. The van der Waals surface area contributed by atoms with Gasteiger partial charge in [0.05, 0.1) is 18.3 Å². The highest BCUT2D eigenvalue weighted by atomic mass is 16.7. The van der Waals surface area contributed by atoms with Gasteiger partial charge >= 0.3 is 0 Å². The molecular weight excluding hydrogens is 322 g/mol. The molecule has 2 aliphatic rings. The quantitative estimate of drug-likeness (QED) is 0.779. The lowest BCUT2D eigenvalue weighted by Gasteiger charge is -2.34. The molecule has 0 spiro atoms. The van der Waals surface area contributed by atoms with Gasteiger partial charge < -0.3 is 19.1 Å². The fourth-order valence-electron chi connectivity index (χ4n) is 3.33. The predicted molar refractivity (Wildman–Crippen MR) is 89.7 cm³/mol. The van der Waals surface area contributed by atoms with Crippen LogP contribution in [0.2, 0.25) is 0 Å². The van der Waals surface area contributed by atoms with E-state index < -0.39 is 0 Å². The molecule has 1 amide bonds. The summed E-state index contributed by atoms with van der Waals surface area (Å²) < 4.78 is 18.2. The summed E-state index contributed by atoms with van der Waals surface area (Å²) in [4.78, 5) is 14.8. The smallest absolute Gasteiger partial charge is 0.254 e. The van der Waals surface area contributed by atoms with Crippen molar-refractivity contribution in [3.8, 4) is 11.5 Å². The van der Waals surface area contributed by atoms with E-state index in [2.05, 4.69) is 5.10 Å². The summed E-state index contributed by atoms with van der Waals surface area (Å²) in [5.74, 6) is 1.30. The summed E-state index contributed by atoms with van der Waals surface area (Å²) in [6.45, 7) is 4.71. The van der Waals surface area contributed by atoms with Crippen LogP contribution in [-0.4, -0.2) is 47.1 Å². The number of ether oxygens (including phenoxy) is 3. The number of hydrogen-bond donors (Lipinski definition) is 0. The first kappa shape index (κ1) is 16.0. The molecule has 25 heavy (non-hydrogen) atoms. The SMILES string of the molecule is CCOCC[C@@H]1CN(C(=O)c2ccc3c(c2)OCO3)Cc2ccnn21. The molecule has 0 fully saturated rings. The second-order valence-corrected chi connectivity index (χ2v) is 6.16.